The highest BCUT2D eigenvalue weighted by molar-refractivity contribution is 5.21. The molecule has 1 aliphatic carbocycles. The van der Waals surface area contributed by atoms with Crippen molar-refractivity contribution in [2.45, 2.75) is 31.8 Å². The Morgan fingerprint density at radius 3 is 2.63 bits per heavy atom. The number of nitrogens with zero attached hydrogens (tertiary/aromatic N) is 1. The number of hydrogen-bond acceptors (Lipinski definition) is 2. The lowest BCUT2D eigenvalue weighted by Crippen LogP contribution is -2.15. The highest BCUT2D eigenvalue weighted by Crippen LogP contribution is 2.19. The molecule has 0 spiro atoms. The van der Waals surface area contributed by atoms with Crippen LogP contribution < -0.4 is 5.32 Å². The molecular weight excluding hydrogens is 248 g/mol. The Bertz CT molecular complexity index is 556. The molecule has 5 heteroatoms. The van der Waals surface area contributed by atoms with Crippen LogP contribution in [0.15, 0.2) is 24.4 Å². The third-order valence-electron chi connectivity index (χ3n) is 3.13. The number of rotatable bonds is 5. The number of aromatic nitrogens is 2. The van der Waals surface area contributed by atoms with Crippen molar-refractivity contribution >= 4 is 0 Å². The van der Waals surface area contributed by atoms with Gasteiger partial charge in [-0.25, -0.2) is 13.8 Å². The third kappa shape index (κ3) is 3.38. The van der Waals surface area contributed by atoms with Gasteiger partial charge in [0, 0.05) is 37.0 Å². The minimum absolute atomic E-state index is 0.401. The van der Waals surface area contributed by atoms with Gasteiger partial charge in [-0.1, -0.05) is 0 Å². The number of aromatic amines is 1. The maximum absolute atomic E-state index is 13.1. The Balaban J connectivity index is 1.65. The van der Waals surface area contributed by atoms with Crippen LogP contribution in [0.5, 0.6) is 0 Å². The average molecular weight is 263 g/mol. The van der Waals surface area contributed by atoms with Gasteiger partial charge in [0.05, 0.1) is 0 Å². The van der Waals surface area contributed by atoms with Crippen molar-refractivity contribution in [3.8, 4) is 0 Å². The molecule has 0 bridgehead atoms. The monoisotopic (exact) mass is 263 g/mol. The van der Waals surface area contributed by atoms with E-state index in [1.165, 1.54) is 25.0 Å². The molecule has 1 saturated carbocycles. The summed E-state index contributed by atoms with van der Waals surface area (Å²) in [4.78, 5) is 7.39. The molecule has 0 saturated heterocycles. The maximum Gasteiger partial charge on any atom is 0.126 e. The number of nitrogens with one attached hydrogen (secondary N) is 2. The van der Waals surface area contributed by atoms with Crippen LogP contribution >= 0.6 is 0 Å². The Morgan fingerprint density at radius 2 is 1.95 bits per heavy atom. The highest BCUT2D eigenvalue weighted by Gasteiger charge is 2.20. The first-order valence-corrected chi connectivity index (χ1v) is 6.40. The molecule has 3 nitrogen and oxygen atoms in total. The van der Waals surface area contributed by atoms with Crippen LogP contribution in [0, 0.1) is 11.6 Å². The fourth-order valence-electron chi connectivity index (χ4n) is 2.03. The molecule has 2 aromatic rings. The summed E-state index contributed by atoms with van der Waals surface area (Å²) in [6.07, 6.45) is 4.64. The van der Waals surface area contributed by atoms with Gasteiger partial charge in [-0.2, -0.15) is 0 Å². The molecule has 1 heterocycles. The predicted molar refractivity (Wildman–Crippen MR) is 67.6 cm³/mol. The first kappa shape index (κ1) is 12.3. The van der Waals surface area contributed by atoms with E-state index >= 15 is 0 Å². The minimum atomic E-state index is -0.558. The quantitative estimate of drug-likeness (QED) is 0.870. The Hall–Kier alpha value is -1.75. The van der Waals surface area contributed by atoms with Gasteiger partial charge in [0.1, 0.15) is 17.5 Å². The van der Waals surface area contributed by atoms with Gasteiger partial charge in [0.15, 0.2) is 0 Å². The van der Waals surface area contributed by atoms with Gasteiger partial charge in [-0.15, -0.1) is 0 Å². The van der Waals surface area contributed by atoms with Crippen LogP contribution in [0.4, 0.5) is 8.78 Å². The van der Waals surface area contributed by atoms with Crippen molar-refractivity contribution in [3.05, 3.63) is 53.1 Å². The maximum atomic E-state index is 13.1. The summed E-state index contributed by atoms with van der Waals surface area (Å²) in [6.45, 7) is 0.759. The van der Waals surface area contributed by atoms with E-state index in [1.54, 1.807) is 6.20 Å². The fourth-order valence-corrected chi connectivity index (χ4v) is 2.03. The lowest BCUT2D eigenvalue weighted by molar-refractivity contribution is 0.580. The third-order valence-corrected chi connectivity index (χ3v) is 3.13. The Morgan fingerprint density at radius 1 is 1.21 bits per heavy atom. The summed E-state index contributed by atoms with van der Waals surface area (Å²) in [5.41, 5.74) is 1.58. The summed E-state index contributed by atoms with van der Waals surface area (Å²) in [5, 5.41) is 3.38. The molecule has 1 aliphatic rings. The van der Waals surface area contributed by atoms with Crippen LogP contribution in [0.2, 0.25) is 0 Å². The second-order valence-electron chi connectivity index (χ2n) is 4.96. The van der Waals surface area contributed by atoms with Gasteiger partial charge in [-0.3, -0.25) is 0 Å². The molecular formula is C14H15F2N3. The average Bonchev–Trinajstić information content (AvgIpc) is 3.06. The van der Waals surface area contributed by atoms with Crippen molar-refractivity contribution < 1.29 is 8.78 Å². The van der Waals surface area contributed by atoms with E-state index in [2.05, 4.69) is 15.3 Å². The fraction of sp³-hybridized carbons (Fsp3) is 0.357. The summed E-state index contributed by atoms with van der Waals surface area (Å²) >= 11 is 0. The summed E-state index contributed by atoms with van der Waals surface area (Å²) < 4.78 is 26.1. The molecule has 0 radical (unpaired) electrons. The molecule has 2 N–H and O–H groups in total. The lowest BCUT2D eigenvalue weighted by atomic mass is 10.1. The summed E-state index contributed by atoms with van der Waals surface area (Å²) in [7, 11) is 0. The number of imidazole rings is 1. The largest absolute Gasteiger partial charge is 0.345 e. The summed E-state index contributed by atoms with van der Waals surface area (Å²) in [5.74, 6) is -0.396. The molecule has 0 unspecified atom stereocenters. The normalized spacial score (nSPS) is 14.8. The highest BCUT2D eigenvalue weighted by atomic mass is 19.1. The molecule has 0 amide bonds. The van der Waals surface area contributed by atoms with Gasteiger partial charge in [0.25, 0.3) is 0 Å². The first-order chi connectivity index (χ1) is 9.19. The lowest BCUT2D eigenvalue weighted by Gasteiger charge is -2.01. The second-order valence-corrected chi connectivity index (χ2v) is 4.96. The van der Waals surface area contributed by atoms with Gasteiger partial charge < -0.3 is 10.3 Å². The van der Waals surface area contributed by atoms with E-state index in [0.717, 1.165) is 24.1 Å². The van der Waals surface area contributed by atoms with E-state index in [0.29, 0.717) is 18.0 Å². The molecule has 3 rings (SSSR count). The first-order valence-electron chi connectivity index (χ1n) is 6.40. The van der Waals surface area contributed by atoms with Crippen LogP contribution in [-0.2, 0) is 13.0 Å². The zero-order valence-corrected chi connectivity index (χ0v) is 10.4. The van der Waals surface area contributed by atoms with Crippen molar-refractivity contribution in [1.82, 2.24) is 15.3 Å². The Labute approximate surface area is 110 Å². The van der Waals surface area contributed by atoms with Crippen molar-refractivity contribution in [3.63, 3.8) is 0 Å². The zero-order valence-electron chi connectivity index (χ0n) is 10.4. The van der Waals surface area contributed by atoms with E-state index < -0.39 is 11.6 Å². The number of H-pyrrole nitrogens is 1. The zero-order chi connectivity index (χ0) is 13.2. The number of hydrogen-bond donors (Lipinski definition) is 2. The van der Waals surface area contributed by atoms with Crippen LogP contribution in [-0.4, -0.2) is 16.0 Å². The topological polar surface area (TPSA) is 40.7 Å². The predicted octanol–water partition coefficient (Wildman–Crippen LogP) is 2.53. The van der Waals surface area contributed by atoms with E-state index in [4.69, 9.17) is 0 Å². The molecule has 0 atom stereocenters. The van der Waals surface area contributed by atoms with Gasteiger partial charge in [0.2, 0.25) is 0 Å². The SMILES string of the molecule is Fc1cc(F)cc(Cc2ncc(CNC3CC3)[nH]2)c1. The molecule has 1 aromatic heterocycles. The Kier molecular flexibility index (Phi) is 3.29. The molecule has 0 aliphatic heterocycles. The van der Waals surface area contributed by atoms with Crippen LogP contribution in [0.25, 0.3) is 0 Å². The molecule has 1 fully saturated rings. The minimum Gasteiger partial charge on any atom is -0.345 e. The van der Waals surface area contributed by atoms with E-state index in [1.807, 2.05) is 0 Å². The number of halogens is 2. The van der Waals surface area contributed by atoms with Crippen molar-refractivity contribution in [1.29, 1.82) is 0 Å². The molecule has 100 valence electrons. The standard InChI is InChI=1S/C14H15F2N3/c15-10-3-9(4-11(16)6-10)5-14-18-8-13(19-14)7-17-12-1-2-12/h3-4,6,8,12,17H,1-2,5,7H2,(H,18,19). The van der Waals surface area contributed by atoms with Crippen LogP contribution in [0.1, 0.15) is 29.9 Å². The van der Waals surface area contributed by atoms with Crippen molar-refractivity contribution in [2.24, 2.45) is 0 Å². The van der Waals surface area contributed by atoms with Crippen LogP contribution in [0.3, 0.4) is 0 Å². The van der Waals surface area contributed by atoms with E-state index in [-0.39, 0.29) is 0 Å². The number of benzene rings is 1. The van der Waals surface area contributed by atoms with Crippen molar-refractivity contribution in [2.75, 3.05) is 0 Å². The smallest absolute Gasteiger partial charge is 0.126 e. The molecule has 1 aromatic carbocycles. The van der Waals surface area contributed by atoms with E-state index in [9.17, 15) is 8.78 Å². The summed E-state index contributed by atoms with van der Waals surface area (Å²) in [6, 6.07) is 4.17. The van der Waals surface area contributed by atoms with Gasteiger partial charge >= 0.3 is 0 Å². The second kappa shape index (κ2) is 5.09. The molecule has 19 heavy (non-hydrogen) atoms. The van der Waals surface area contributed by atoms with Gasteiger partial charge in [-0.05, 0) is 30.5 Å².